The van der Waals surface area contributed by atoms with Crippen molar-refractivity contribution in [3.8, 4) is 0 Å². The van der Waals surface area contributed by atoms with Crippen molar-refractivity contribution in [3.05, 3.63) is 24.3 Å². The van der Waals surface area contributed by atoms with Crippen molar-refractivity contribution in [3.63, 3.8) is 0 Å². The summed E-state index contributed by atoms with van der Waals surface area (Å²) in [6, 6.07) is 7.04. The number of nitrogens with one attached hydrogen (secondary N) is 1. The molecule has 0 aromatic heterocycles. The van der Waals surface area contributed by atoms with E-state index in [-0.39, 0.29) is 18.4 Å². The lowest BCUT2D eigenvalue weighted by molar-refractivity contribution is -0.147. The largest absolute Gasteiger partial charge is 0.399 e. The van der Waals surface area contributed by atoms with Crippen molar-refractivity contribution < 1.29 is 9.59 Å². The molecule has 0 spiro atoms. The first kappa shape index (κ1) is 15.3. The summed E-state index contributed by atoms with van der Waals surface area (Å²) in [4.78, 5) is 27.9. The topological polar surface area (TPSA) is 78.7 Å². The summed E-state index contributed by atoms with van der Waals surface area (Å²) in [5, 5.41) is 2.81. The number of amides is 2. The van der Waals surface area contributed by atoms with Crippen LogP contribution in [0.15, 0.2) is 24.3 Å². The Morgan fingerprint density at radius 2 is 2.10 bits per heavy atom. The molecule has 0 aliphatic carbocycles. The molecule has 1 heterocycles. The lowest BCUT2D eigenvalue weighted by atomic mass is 9.98. The summed E-state index contributed by atoms with van der Waals surface area (Å²) in [6.45, 7) is 5.19. The van der Waals surface area contributed by atoms with Gasteiger partial charge in [-0.05, 0) is 32.0 Å². The maximum atomic E-state index is 12.2. The highest BCUT2D eigenvalue weighted by molar-refractivity contribution is 5.94. The highest BCUT2D eigenvalue weighted by atomic mass is 16.2. The Labute approximate surface area is 124 Å². The first-order valence-corrected chi connectivity index (χ1v) is 6.96. The van der Waals surface area contributed by atoms with Gasteiger partial charge in [-0.1, -0.05) is 6.07 Å². The van der Waals surface area contributed by atoms with Gasteiger partial charge < -0.3 is 16.0 Å². The molecule has 2 rings (SSSR count). The third-order valence-corrected chi connectivity index (χ3v) is 3.87. The zero-order valence-electron chi connectivity index (χ0n) is 12.7. The van der Waals surface area contributed by atoms with Gasteiger partial charge in [0.1, 0.15) is 0 Å². The van der Waals surface area contributed by atoms with Crippen LogP contribution in [0.1, 0.15) is 13.8 Å². The number of likely N-dealkylation sites (N-methyl/N-ethyl adjacent to an activating group) is 1. The van der Waals surface area contributed by atoms with Crippen LogP contribution in [-0.4, -0.2) is 53.8 Å². The van der Waals surface area contributed by atoms with Crippen LogP contribution in [0, 0.1) is 0 Å². The molecule has 21 heavy (non-hydrogen) atoms. The van der Waals surface area contributed by atoms with E-state index in [4.69, 9.17) is 5.73 Å². The molecule has 1 saturated heterocycles. The summed E-state index contributed by atoms with van der Waals surface area (Å²) >= 11 is 0. The van der Waals surface area contributed by atoms with Gasteiger partial charge in [0.2, 0.25) is 11.8 Å². The average Bonchev–Trinajstić information content (AvgIpc) is 2.40. The van der Waals surface area contributed by atoms with Crippen molar-refractivity contribution in [1.82, 2.24) is 9.80 Å². The fraction of sp³-hybridized carbons (Fsp3) is 0.467. The van der Waals surface area contributed by atoms with Gasteiger partial charge in [-0.25, -0.2) is 0 Å². The number of benzene rings is 1. The van der Waals surface area contributed by atoms with E-state index in [2.05, 4.69) is 5.32 Å². The smallest absolute Gasteiger partial charge is 0.242 e. The van der Waals surface area contributed by atoms with Crippen molar-refractivity contribution >= 4 is 23.2 Å². The fourth-order valence-electron chi connectivity index (χ4n) is 2.52. The van der Waals surface area contributed by atoms with Gasteiger partial charge >= 0.3 is 0 Å². The number of piperazine rings is 1. The zero-order chi connectivity index (χ0) is 15.6. The van der Waals surface area contributed by atoms with Crippen LogP contribution >= 0.6 is 0 Å². The van der Waals surface area contributed by atoms with Crippen LogP contribution in [0.25, 0.3) is 0 Å². The van der Waals surface area contributed by atoms with Crippen molar-refractivity contribution in [2.75, 3.05) is 37.7 Å². The van der Waals surface area contributed by atoms with Gasteiger partial charge in [0, 0.05) is 31.5 Å². The molecule has 0 bridgehead atoms. The molecule has 1 aromatic rings. The van der Waals surface area contributed by atoms with E-state index in [0.29, 0.717) is 24.5 Å². The number of nitrogens with two attached hydrogens (primary N) is 1. The third-order valence-electron chi connectivity index (χ3n) is 3.87. The lowest BCUT2D eigenvalue weighted by Gasteiger charge is -2.44. The van der Waals surface area contributed by atoms with E-state index >= 15 is 0 Å². The maximum absolute atomic E-state index is 12.2. The predicted molar refractivity (Wildman–Crippen MR) is 82.8 cm³/mol. The van der Waals surface area contributed by atoms with Gasteiger partial charge in [0.25, 0.3) is 0 Å². The molecule has 1 aliphatic heterocycles. The molecule has 6 heteroatoms. The van der Waals surface area contributed by atoms with Gasteiger partial charge in [-0.3, -0.25) is 14.5 Å². The summed E-state index contributed by atoms with van der Waals surface area (Å²) in [5.41, 5.74) is 6.28. The van der Waals surface area contributed by atoms with Crippen LogP contribution in [-0.2, 0) is 9.59 Å². The summed E-state index contributed by atoms with van der Waals surface area (Å²) in [7, 11) is 1.79. The molecule has 1 aromatic carbocycles. The normalized spacial score (nSPS) is 18.6. The van der Waals surface area contributed by atoms with E-state index in [1.54, 1.807) is 36.2 Å². The number of carbonyl (C=O) groups excluding carboxylic acids is 2. The molecule has 0 atom stereocenters. The fourth-order valence-corrected chi connectivity index (χ4v) is 2.52. The summed E-state index contributed by atoms with van der Waals surface area (Å²) < 4.78 is 0. The molecule has 6 nitrogen and oxygen atoms in total. The molecule has 0 saturated carbocycles. The second-order valence-corrected chi connectivity index (χ2v) is 5.88. The lowest BCUT2D eigenvalue weighted by Crippen LogP contribution is -2.63. The minimum Gasteiger partial charge on any atom is -0.399 e. The Hall–Kier alpha value is -2.08. The molecule has 3 N–H and O–H groups in total. The zero-order valence-corrected chi connectivity index (χ0v) is 12.7. The third kappa shape index (κ3) is 3.33. The molecule has 2 amide bonds. The number of hydrogen-bond donors (Lipinski definition) is 2. The van der Waals surface area contributed by atoms with Crippen molar-refractivity contribution in [1.29, 1.82) is 0 Å². The van der Waals surface area contributed by atoms with Crippen LogP contribution < -0.4 is 11.1 Å². The van der Waals surface area contributed by atoms with Crippen LogP contribution in [0.2, 0.25) is 0 Å². The molecule has 114 valence electrons. The molecular weight excluding hydrogens is 268 g/mol. The van der Waals surface area contributed by atoms with Crippen LogP contribution in [0.5, 0.6) is 0 Å². The molecule has 0 radical (unpaired) electrons. The average molecular weight is 290 g/mol. The summed E-state index contributed by atoms with van der Waals surface area (Å²) in [5.74, 6) is -0.114. The minimum atomic E-state index is -0.667. The maximum Gasteiger partial charge on any atom is 0.242 e. The van der Waals surface area contributed by atoms with Gasteiger partial charge in [0.05, 0.1) is 12.1 Å². The van der Waals surface area contributed by atoms with Gasteiger partial charge in [0.15, 0.2) is 0 Å². The standard InChI is InChI=1S/C15H22N4O2/c1-15(2)14(21)18(3)7-8-19(15)10-13(20)17-12-6-4-5-11(16)9-12/h4-6,9H,7-8,10,16H2,1-3H3,(H,17,20). The highest BCUT2D eigenvalue weighted by Crippen LogP contribution is 2.21. The first-order valence-electron chi connectivity index (χ1n) is 6.96. The second-order valence-electron chi connectivity index (χ2n) is 5.88. The number of hydrogen-bond acceptors (Lipinski definition) is 4. The van der Waals surface area contributed by atoms with E-state index < -0.39 is 5.54 Å². The number of nitrogen functional groups attached to an aromatic ring is 1. The highest BCUT2D eigenvalue weighted by Gasteiger charge is 2.40. The quantitative estimate of drug-likeness (QED) is 0.806. The number of rotatable bonds is 3. The van der Waals surface area contributed by atoms with E-state index in [0.717, 1.165) is 0 Å². The molecule has 0 unspecified atom stereocenters. The van der Waals surface area contributed by atoms with Crippen LogP contribution in [0.3, 0.4) is 0 Å². The summed E-state index contributed by atoms with van der Waals surface area (Å²) in [6.07, 6.45) is 0. The molecule has 1 fully saturated rings. The SMILES string of the molecule is CN1CCN(CC(=O)Nc2cccc(N)c2)C(C)(C)C1=O. The van der Waals surface area contributed by atoms with E-state index in [9.17, 15) is 9.59 Å². The molecule has 1 aliphatic rings. The Morgan fingerprint density at radius 3 is 2.76 bits per heavy atom. The number of anilines is 2. The van der Waals surface area contributed by atoms with Gasteiger partial charge in [-0.2, -0.15) is 0 Å². The van der Waals surface area contributed by atoms with Crippen molar-refractivity contribution in [2.24, 2.45) is 0 Å². The second kappa shape index (κ2) is 5.73. The Bertz CT molecular complexity index is 556. The van der Waals surface area contributed by atoms with Crippen molar-refractivity contribution in [2.45, 2.75) is 19.4 Å². The Balaban J connectivity index is 2.01. The van der Waals surface area contributed by atoms with Crippen LogP contribution in [0.4, 0.5) is 11.4 Å². The van der Waals surface area contributed by atoms with E-state index in [1.165, 1.54) is 0 Å². The number of nitrogens with zero attached hydrogens (tertiary/aromatic N) is 2. The predicted octanol–water partition coefficient (Wildman–Crippen LogP) is 0.760. The first-order chi connectivity index (χ1) is 9.80. The monoisotopic (exact) mass is 290 g/mol. The molecular formula is C15H22N4O2. The Kier molecular flexibility index (Phi) is 4.18. The number of carbonyl (C=O) groups is 2. The Morgan fingerprint density at radius 1 is 1.38 bits per heavy atom. The van der Waals surface area contributed by atoms with Gasteiger partial charge in [-0.15, -0.1) is 0 Å². The minimum absolute atomic E-state index is 0.0329. The van der Waals surface area contributed by atoms with E-state index in [1.807, 2.05) is 18.7 Å².